The molecule has 6 nitrogen and oxygen atoms in total. The van der Waals surface area contributed by atoms with E-state index in [-0.39, 0.29) is 24.0 Å². The molecular formula is C21H29N3O3. The Hall–Kier alpha value is -2.34. The van der Waals surface area contributed by atoms with Crippen LogP contribution in [0.5, 0.6) is 0 Å². The van der Waals surface area contributed by atoms with Gasteiger partial charge in [-0.15, -0.1) is 0 Å². The van der Waals surface area contributed by atoms with Gasteiger partial charge >= 0.3 is 6.03 Å². The molecule has 0 bridgehead atoms. The van der Waals surface area contributed by atoms with Gasteiger partial charge in [0.1, 0.15) is 6.04 Å². The van der Waals surface area contributed by atoms with Crippen LogP contribution in [0.1, 0.15) is 26.2 Å². The molecule has 146 valence electrons. The third-order valence-corrected chi connectivity index (χ3v) is 5.48. The Bertz CT molecular complexity index is 691. The van der Waals surface area contributed by atoms with E-state index in [9.17, 15) is 9.59 Å². The number of ether oxygens (including phenoxy) is 1. The van der Waals surface area contributed by atoms with E-state index in [4.69, 9.17) is 4.74 Å². The van der Waals surface area contributed by atoms with Crippen LogP contribution in [0.4, 0.5) is 10.5 Å². The molecule has 1 aromatic rings. The first-order valence-electron chi connectivity index (χ1n) is 9.63. The lowest BCUT2D eigenvalue weighted by Gasteiger charge is -2.37. The summed E-state index contributed by atoms with van der Waals surface area (Å²) >= 11 is 0. The van der Waals surface area contributed by atoms with Crippen molar-refractivity contribution < 1.29 is 14.3 Å². The number of para-hydroxylation sites is 1. The van der Waals surface area contributed by atoms with Crippen LogP contribution in [0.15, 0.2) is 42.5 Å². The number of carbonyl (C=O) groups is 2. The molecule has 0 aliphatic carbocycles. The molecule has 2 fully saturated rings. The van der Waals surface area contributed by atoms with Crippen LogP contribution in [-0.4, -0.2) is 55.7 Å². The highest BCUT2D eigenvalue weighted by molar-refractivity contribution is 5.99. The van der Waals surface area contributed by atoms with Gasteiger partial charge in [0.2, 0.25) is 5.91 Å². The summed E-state index contributed by atoms with van der Waals surface area (Å²) in [5, 5.41) is 2.98. The van der Waals surface area contributed by atoms with E-state index in [2.05, 4.69) is 11.9 Å². The van der Waals surface area contributed by atoms with Crippen LogP contribution < -0.4 is 10.2 Å². The number of piperidine rings is 1. The zero-order chi connectivity index (χ0) is 19.4. The number of hydrogen-bond donors (Lipinski definition) is 1. The maximum Gasteiger partial charge on any atom is 0.317 e. The topological polar surface area (TPSA) is 61.9 Å². The van der Waals surface area contributed by atoms with E-state index in [1.54, 1.807) is 16.8 Å². The van der Waals surface area contributed by atoms with E-state index < -0.39 is 6.04 Å². The zero-order valence-electron chi connectivity index (χ0n) is 16.2. The number of nitrogens with one attached hydrogen (secondary N) is 1. The number of urea groups is 1. The normalized spacial score (nSPS) is 25.3. The van der Waals surface area contributed by atoms with Gasteiger partial charge in [0.25, 0.3) is 0 Å². The van der Waals surface area contributed by atoms with Gasteiger partial charge in [-0.3, -0.25) is 4.79 Å². The Morgan fingerprint density at radius 2 is 2.07 bits per heavy atom. The minimum Gasteiger partial charge on any atom is -0.374 e. The molecule has 0 spiro atoms. The SMILES string of the molecule is C=C(C)C1OCCC1CNC(=O)N(C)C1CCCN(c2ccccc2)C1=O. The van der Waals surface area contributed by atoms with Crippen molar-refractivity contribution in [2.45, 2.75) is 38.3 Å². The van der Waals surface area contributed by atoms with Gasteiger partial charge in [0.15, 0.2) is 0 Å². The van der Waals surface area contributed by atoms with Crippen molar-refractivity contribution in [2.75, 3.05) is 31.6 Å². The Balaban J connectivity index is 1.59. The highest BCUT2D eigenvalue weighted by atomic mass is 16.5. The van der Waals surface area contributed by atoms with Crippen LogP contribution in [0.25, 0.3) is 0 Å². The Morgan fingerprint density at radius 1 is 1.33 bits per heavy atom. The number of nitrogens with zero attached hydrogens (tertiary/aromatic N) is 2. The predicted octanol–water partition coefficient (Wildman–Crippen LogP) is 2.80. The summed E-state index contributed by atoms with van der Waals surface area (Å²) in [7, 11) is 1.70. The highest BCUT2D eigenvalue weighted by Gasteiger charge is 2.35. The molecule has 27 heavy (non-hydrogen) atoms. The third kappa shape index (κ3) is 4.33. The van der Waals surface area contributed by atoms with Gasteiger partial charge < -0.3 is 19.9 Å². The molecule has 0 saturated carbocycles. The molecule has 0 aromatic heterocycles. The van der Waals surface area contributed by atoms with Crippen molar-refractivity contribution in [2.24, 2.45) is 5.92 Å². The smallest absolute Gasteiger partial charge is 0.317 e. The second kappa shape index (κ2) is 8.57. The van der Waals surface area contributed by atoms with Gasteiger partial charge in [-0.25, -0.2) is 4.79 Å². The number of benzene rings is 1. The van der Waals surface area contributed by atoms with Crippen LogP contribution in [0.2, 0.25) is 0 Å². The Labute approximate surface area is 161 Å². The first-order valence-corrected chi connectivity index (χ1v) is 9.63. The van der Waals surface area contributed by atoms with Crippen molar-refractivity contribution in [3.63, 3.8) is 0 Å². The molecule has 0 radical (unpaired) electrons. The van der Waals surface area contributed by atoms with Crippen molar-refractivity contribution in [1.29, 1.82) is 0 Å². The first-order chi connectivity index (χ1) is 13.0. The Morgan fingerprint density at radius 3 is 2.78 bits per heavy atom. The standard InChI is InChI=1S/C21H29N3O3/c1-15(2)19-16(11-13-27-19)14-22-21(26)23(3)18-10-7-12-24(20(18)25)17-8-5-4-6-9-17/h4-6,8-9,16,18-19H,1,7,10-14H2,2-3H3,(H,22,26). The summed E-state index contributed by atoms with van der Waals surface area (Å²) in [5.41, 5.74) is 1.87. The molecule has 1 aromatic carbocycles. The molecule has 3 rings (SSSR count). The fraction of sp³-hybridized carbons (Fsp3) is 0.524. The third-order valence-electron chi connectivity index (χ3n) is 5.48. The van der Waals surface area contributed by atoms with Crippen LogP contribution >= 0.6 is 0 Å². The minimum absolute atomic E-state index is 0.000454. The van der Waals surface area contributed by atoms with E-state index >= 15 is 0 Å². The lowest BCUT2D eigenvalue weighted by atomic mass is 9.97. The average molecular weight is 371 g/mol. The second-order valence-electron chi connectivity index (χ2n) is 7.47. The molecule has 2 saturated heterocycles. The van der Waals surface area contributed by atoms with Crippen molar-refractivity contribution in [3.8, 4) is 0 Å². The van der Waals surface area contributed by atoms with Gasteiger partial charge in [-0.05, 0) is 38.3 Å². The summed E-state index contributed by atoms with van der Waals surface area (Å²) in [6, 6.07) is 8.98. The maximum absolute atomic E-state index is 12.9. The van der Waals surface area contributed by atoms with Gasteiger partial charge in [0.05, 0.1) is 6.10 Å². The second-order valence-corrected chi connectivity index (χ2v) is 7.47. The van der Waals surface area contributed by atoms with Crippen molar-refractivity contribution in [1.82, 2.24) is 10.2 Å². The van der Waals surface area contributed by atoms with E-state index in [0.29, 0.717) is 26.1 Å². The average Bonchev–Trinajstić information content (AvgIpc) is 3.15. The molecule has 2 aliphatic heterocycles. The first kappa shape index (κ1) is 19.4. The predicted molar refractivity (Wildman–Crippen MR) is 106 cm³/mol. The maximum atomic E-state index is 12.9. The summed E-state index contributed by atoms with van der Waals surface area (Å²) in [5.74, 6) is 0.219. The molecular weight excluding hydrogens is 342 g/mol. The van der Waals surface area contributed by atoms with Crippen molar-refractivity contribution in [3.05, 3.63) is 42.5 Å². The number of rotatable bonds is 5. The van der Waals surface area contributed by atoms with E-state index in [1.165, 1.54) is 0 Å². The molecule has 3 amide bonds. The van der Waals surface area contributed by atoms with Crippen LogP contribution in [0.3, 0.4) is 0 Å². The van der Waals surface area contributed by atoms with Crippen molar-refractivity contribution >= 4 is 17.6 Å². The molecule has 3 atom stereocenters. The van der Waals surface area contributed by atoms with Crippen LogP contribution in [0, 0.1) is 5.92 Å². The molecule has 1 N–H and O–H groups in total. The lowest BCUT2D eigenvalue weighted by molar-refractivity contribution is -0.123. The van der Waals surface area contributed by atoms with E-state index in [0.717, 1.165) is 24.1 Å². The number of carbonyl (C=O) groups excluding carboxylic acids is 2. The number of hydrogen-bond acceptors (Lipinski definition) is 3. The largest absolute Gasteiger partial charge is 0.374 e. The number of anilines is 1. The molecule has 6 heteroatoms. The number of amides is 3. The fourth-order valence-corrected chi connectivity index (χ4v) is 3.95. The lowest BCUT2D eigenvalue weighted by Crippen LogP contribution is -2.55. The summed E-state index contributed by atoms with van der Waals surface area (Å²) in [6.07, 6.45) is 2.47. The Kier molecular flexibility index (Phi) is 6.16. The van der Waals surface area contributed by atoms with E-state index in [1.807, 2.05) is 37.3 Å². The van der Waals surface area contributed by atoms with Gasteiger partial charge in [-0.1, -0.05) is 30.4 Å². The minimum atomic E-state index is -0.435. The molecule has 2 heterocycles. The number of likely N-dealkylation sites (N-methyl/N-ethyl adjacent to an activating group) is 1. The summed E-state index contributed by atoms with van der Waals surface area (Å²) < 4.78 is 5.69. The zero-order valence-corrected chi connectivity index (χ0v) is 16.2. The summed E-state index contributed by atoms with van der Waals surface area (Å²) in [4.78, 5) is 28.9. The van der Waals surface area contributed by atoms with Gasteiger partial charge in [-0.2, -0.15) is 0 Å². The monoisotopic (exact) mass is 371 g/mol. The fourth-order valence-electron chi connectivity index (χ4n) is 3.95. The summed E-state index contributed by atoms with van der Waals surface area (Å²) in [6.45, 7) is 7.84. The molecule has 2 aliphatic rings. The quantitative estimate of drug-likeness (QED) is 0.810. The van der Waals surface area contributed by atoms with Gasteiger partial charge in [0, 0.05) is 38.3 Å². The highest BCUT2D eigenvalue weighted by Crippen LogP contribution is 2.26. The molecule has 3 unspecified atom stereocenters. The van der Waals surface area contributed by atoms with Crippen LogP contribution in [-0.2, 0) is 9.53 Å².